The van der Waals surface area contributed by atoms with Gasteiger partial charge in [0, 0.05) is 30.5 Å². The molecule has 2 N–H and O–H groups in total. The molecule has 1 aromatic carbocycles. The van der Waals surface area contributed by atoms with Crippen molar-refractivity contribution >= 4 is 17.5 Å². The highest BCUT2D eigenvalue weighted by Crippen LogP contribution is 2.18. The van der Waals surface area contributed by atoms with Crippen molar-refractivity contribution in [2.75, 3.05) is 31.5 Å². The molecule has 1 fully saturated rings. The zero-order valence-electron chi connectivity index (χ0n) is 15.3. The molecule has 1 aromatic heterocycles. The van der Waals surface area contributed by atoms with E-state index in [1.807, 2.05) is 6.92 Å². The standard InChI is InChI=1S/C20H23FN4O2/c1-14-4-5-15(19(26)23-6-9-25-7-2-3-8-25)11-18(14)24-20(27)16-10-17(21)13-22-12-16/h4-5,10-13H,2-3,6-9H2,1H3,(H,23,26)(H,24,27). The molecule has 1 aliphatic rings. The molecule has 27 heavy (non-hydrogen) atoms. The summed E-state index contributed by atoms with van der Waals surface area (Å²) < 4.78 is 13.2. The largest absolute Gasteiger partial charge is 0.351 e. The number of pyridine rings is 1. The maximum atomic E-state index is 13.2. The number of carbonyl (C=O) groups excluding carboxylic acids is 2. The fourth-order valence-corrected chi connectivity index (χ4v) is 3.06. The van der Waals surface area contributed by atoms with E-state index in [2.05, 4.69) is 20.5 Å². The Morgan fingerprint density at radius 1 is 1.11 bits per heavy atom. The Labute approximate surface area is 157 Å². The number of nitrogens with one attached hydrogen (secondary N) is 2. The van der Waals surface area contributed by atoms with Crippen LogP contribution in [0, 0.1) is 12.7 Å². The minimum absolute atomic E-state index is 0.120. The molecule has 0 bridgehead atoms. The van der Waals surface area contributed by atoms with Crippen LogP contribution in [0.1, 0.15) is 39.1 Å². The summed E-state index contributed by atoms with van der Waals surface area (Å²) in [6.07, 6.45) is 4.77. The van der Waals surface area contributed by atoms with E-state index in [0.29, 0.717) is 17.8 Å². The van der Waals surface area contributed by atoms with E-state index in [4.69, 9.17) is 0 Å². The van der Waals surface area contributed by atoms with Crippen molar-refractivity contribution in [3.05, 3.63) is 59.2 Å². The van der Waals surface area contributed by atoms with E-state index in [-0.39, 0.29) is 11.5 Å². The molecule has 0 aliphatic carbocycles. The van der Waals surface area contributed by atoms with E-state index in [1.165, 1.54) is 19.0 Å². The average Bonchev–Trinajstić information content (AvgIpc) is 3.17. The summed E-state index contributed by atoms with van der Waals surface area (Å²) in [6.45, 7) is 5.43. The van der Waals surface area contributed by atoms with Gasteiger partial charge in [0.2, 0.25) is 0 Å². The number of likely N-dealkylation sites (tertiary alicyclic amines) is 1. The topological polar surface area (TPSA) is 74.3 Å². The molecular formula is C20H23FN4O2. The number of benzene rings is 1. The lowest BCUT2D eigenvalue weighted by Gasteiger charge is -2.15. The molecule has 7 heteroatoms. The van der Waals surface area contributed by atoms with Crippen molar-refractivity contribution in [3.63, 3.8) is 0 Å². The summed E-state index contributed by atoms with van der Waals surface area (Å²) in [4.78, 5) is 30.7. The van der Waals surface area contributed by atoms with Crippen LogP contribution in [0.25, 0.3) is 0 Å². The third-order valence-corrected chi connectivity index (χ3v) is 4.63. The van der Waals surface area contributed by atoms with E-state index in [1.54, 1.807) is 18.2 Å². The van der Waals surface area contributed by atoms with Crippen molar-refractivity contribution in [2.24, 2.45) is 0 Å². The van der Waals surface area contributed by atoms with Crippen LogP contribution < -0.4 is 10.6 Å². The van der Waals surface area contributed by atoms with Gasteiger partial charge in [0.25, 0.3) is 11.8 Å². The SMILES string of the molecule is Cc1ccc(C(=O)NCCN2CCCC2)cc1NC(=O)c1cncc(F)c1. The normalized spacial score (nSPS) is 14.1. The van der Waals surface area contributed by atoms with Crippen LogP contribution in [0.5, 0.6) is 0 Å². The third-order valence-electron chi connectivity index (χ3n) is 4.63. The number of carbonyl (C=O) groups is 2. The number of amides is 2. The van der Waals surface area contributed by atoms with Gasteiger partial charge >= 0.3 is 0 Å². The lowest BCUT2D eigenvalue weighted by Crippen LogP contribution is -2.33. The van der Waals surface area contributed by atoms with Gasteiger partial charge in [-0.05, 0) is 56.6 Å². The number of halogens is 1. The lowest BCUT2D eigenvalue weighted by atomic mass is 10.1. The lowest BCUT2D eigenvalue weighted by molar-refractivity contribution is 0.0948. The van der Waals surface area contributed by atoms with E-state index in [0.717, 1.165) is 37.5 Å². The second kappa shape index (κ2) is 8.73. The molecule has 2 amide bonds. The Morgan fingerprint density at radius 3 is 2.63 bits per heavy atom. The molecule has 6 nitrogen and oxygen atoms in total. The summed E-state index contributed by atoms with van der Waals surface area (Å²) in [5.41, 5.74) is 1.90. The molecule has 1 aliphatic heterocycles. The van der Waals surface area contributed by atoms with Crippen LogP contribution >= 0.6 is 0 Å². The molecule has 2 aromatic rings. The minimum atomic E-state index is -0.578. The monoisotopic (exact) mass is 370 g/mol. The Kier molecular flexibility index (Phi) is 6.13. The molecule has 0 radical (unpaired) electrons. The first-order chi connectivity index (χ1) is 13.0. The van der Waals surface area contributed by atoms with Crippen molar-refractivity contribution < 1.29 is 14.0 Å². The highest BCUT2D eigenvalue weighted by molar-refractivity contribution is 6.05. The summed E-state index contributed by atoms with van der Waals surface area (Å²) >= 11 is 0. The Bertz CT molecular complexity index is 834. The maximum Gasteiger partial charge on any atom is 0.257 e. The molecule has 0 spiro atoms. The van der Waals surface area contributed by atoms with Gasteiger partial charge in [0.1, 0.15) is 5.82 Å². The number of aromatic nitrogens is 1. The van der Waals surface area contributed by atoms with Gasteiger partial charge < -0.3 is 15.5 Å². The van der Waals surface area contributed by atoms with Crippen molar-refractivity contribution in [1.82, 2.24) is 15.2 Å². The summed E-state index contributed by atoms with van der Waals surface area (Å²) in [6, 6.07) is 6.24. The van der Waals surface area contributed by atoms with Crippen molar-refractivity contribution in [2.45, 2.75) is 19.8 Å². The van der Waals surface area contributed by atoms with Gasteiger partial charge in [-0.2, -0.15) is 0 Å². The fourth-order valence-electron chi connectivity index (χ4n) is 3.06. The zero-order chi connectivity index (χ0) is 19.2. The number of aryl methyl sites for hydroxylation is 1. The number of hydrogen-bond acceptors (Lipinski definition) is 4. The van der Waals surface area contributed by atoms with Gasteiger partial charge in [0.05, 0.1) is 11.8 Å². The predicted octanol–water partition coefficient (Wildman–Crippen LogP) is 2.61. The molecule has 0 saturated carbocycles. The first kappa shape index (κ1) is 19.0. The predicted molar refractivity (Wildman–Crippen MR) is 101 cm³/mol. The number of hydrogen-bond donors (Lipinski definition) is 2. The Morgan fingerprint density at radius 2 is 1.89 bits per heavy atom. The van der Waals surface area contributed by atoms with Crippen molar-refractivity contribution in [1.29, 1.82) is 0 Å². The first-order valence-corrected chi connectivity index (χ1v) is 9.06. The molecule has 142 valence electrons. The van der Waals surface area contributed by atoms with E-state index < -0.39 is 11.7 Å². The molecule has 2 heterocycles. The van der Waals surface area contributed by atoms with Crippen LogP contribution in [0.15, 0.2) is 36.7 Å². The third kappa shape index (κ3) is 5.10. The molecule has 0 unspecified atom stereocenters. The van der Waals surface area contributed by atoms with Gasteiger partial charge in [-0.3, -0.25) is 14.6 Å². The highest BCUT2D eigenvalue weighted by atomic mass is 19.1. The van der Waals surface area contributed by atoms with Crippen LogP contribution in [0.3, 0.4) is 0 Å². The molecule has 3 rings (SSSR count). The van der Waals surface area contributed by atoms with Crippen LogP contribution in [0.2, 0.25) is 0 Å². The van der Waals surface area contributed by atoms with Gasteiger partial charge in [-0.15, -0.1) is 0 Å². The highest BCUT2D eigenvalue weighted by Gasteiger charge is 2.14. The van der Waals surface area contributed by atoms with Gasteiger partial charge in [0.15, 0.2) is 0 Å². The van der Waals surface area contributed by atoms with Crippen molar-refractivity contribution in [3.8, 4) is 0 Å². The molecule has 0 atom stereocenters. The number of anilines is 1. The Hall–Kier alpha value is -2.80. The van der Waals surface area contributed by atoms with Gasteiger partial charge in [-0.1, -0.05) is 6.07 Å². The average molecular weight is 370 g/mol. The summed E-state index contributed by atoms with van der Waals surface area (Å²) in [5, 5.41) is 5.63. The second-order valence-corrected chi connectivity index (χ2v) is 6.68. The van der Waals surface area contributed by atoms with Crippen LogP contribution in [0.4, 0.5) is 10.1 Å². The molecule has 1 saturated heterocycles. The smallest absolute Gasteiger partial charge is 0.257 e. The zero-order valence-corrected chi connectivity index (χ0v) is 15.3. The number of rotatable bonds is 6. The van der Waals surface area contributed by atoms with Gasteiger partial charge in [-0.25, -0.2) is 4.39 Å². The van der Waals surface area contributed by atoms with Crippen LogP contribution in [-0.2, 0) is 0 Å². The first-order valence-electron chi connectivity index (χ1n) is 9.06. The maximum absolute atomic E-state index is 13.2. The van der Waals surface area contributed by atoms with Crippen LogP contribution in [-0.4, -0.2) is 47.9 Å². The summed E-state index contributed by atoms with van der Waals surface area (Å²) in [7, 11) is 0. The number of nitrogens with zero attached hydrogens (tertiary/aromatic N) is 2. The quantitative estimate of drug-likeness (QED) is 0.820. The fraction of sp³-hybridized carbons (Fsp3) is 0.350. The van der Waals surface area contributed by atoms with E-state index >= 15 is 0 Å². The van der Waals surface area contributed by atoms with E-state index in [9.17, 15) is 14.0 Å². The second-order valence-electron chi connectivity index (χ2n) is 6.68. The molecular weight excluding hydrogens is 347 g/mol. The summed E-state index contributed by atoms with van der Waals surface area (Å²) in [5.74, 6) is -1.24. The minimum Gasteiger partial charge on any atom is -0.351 e. The Balaban J connectivity index is 1.62.